The molecule has 0 aromatic heterocycles. The molecular formula is C10H12FN. The maximum atomic E-state index is 13.1. The number of rotatable bonds is 1. The molecule has 1 saturated carbocycles. The van der Waals surface area contributed by atoms with Crippen molar-refractivity contribution in [3.8, 4) is 0 Å². The summed E-state index contributed by atoms with van der Waals surface area (Å²) in [4.78, 5) is 0. The van der Waals surface area contributed by atoms with Crippen LogP contribution in [0, 0.1) is 12.7 Å². The van der Waals surface area contributed by atoms with Crippen LogP contribution < -0.4 is 5.73 Å². The molecular weight excluding hydrogens is 153 g/mol. The molecule has 1 aliphatic carbocycles. The molecule has 2 heteroatoms. The zero-order valence-corrected chi connectivity index (χ0v) is 7.10. The zero-order valence-electron chi connectivity index (χ0n) is 7.10. The summed E-state index contributed by atoms with van der Waals surface area (Å²) in [6.07, 6.45) is 1.97. The maximum absolute atomic E-state index is 13.1. The first-order chi connectivity index (χ1) is 5.63. The second-order valence-electron chi connectivity index (χ2n) is 3.57. The summed E-state index contributed by atoms with van der Waals surface area (Å²) in [5.41, 5.74) is 7.44. The van der Waals surface area contributed by atoms with Gasteiger partial charge in [0.1, 0.15) is 5.82 Å². The Morgan fingerprint density at radius 2 is 2.08 bits per heavy atom. The van der Waals surface area contributed by atoms with Crippen molar-refractivity contribution >= 4 is 0 Å². The van der Waals surface area contributed by atoms with Crippen molar-refractivity contribution < 1.29 is 4.39 Å². The lowest BCUT2D eigenvalue weighted by Gasteiger charge is -2.12. The van der Waals surface area contributed by atoms with Gasteiger partial charge in [-0.15, -0.1) is 0 Å². The third-order valence-corrected chi connectivity index (χ3v) is 2.59. The normalized spacial score (nSPS) is 19.2. The second kappa shape index (κ2) is 2.30. The minimum atomic E-state index is -0.216. The van der Waals surface area contributed by atoms with Gasteiger partial charge in [0.25, 0.3) is 0 Å². The summed E-state index contributed by atoms with van der Waals surface area (Å²) in [7, 11) is 0. The molecule has 0 radical (unpaired) electrons. The van der Waals surface area contributed by atoms with Crippen LogP contribution in [0.4, 0.5) is 4.39 Å². The Bertz CT molecular complexity index is 316. The molecule has 0 unspecified atom stereocenters. The fourth-order valence-corrected chi connectivity index (χ4v) is 1.55. The van der Waals surface area contributed by atoms with E-state index in [9.17, 15) is 4.39 Å². The van der Waals surface area contributed by atoms with E-state index in [0.717, 1.165) is 18.4 Å². The molecule has 1 aromatic carbocycles. The van der Waals surface area contributed by atoms with Gasteiger partial charge in [-0.05, 0) is 37.0 Å². The van der Waals surface area contributed by atoms with E-state index < -0.39 is 0 Å². The topological polar surface area (TPSA) is 26.0 Å². The number of hydrogen-bond acceptors (Lipinski definition) is 1. The Morgan fingerprint density at radius 3 is 2.67 bits per heavy atom. The molecule has 64 valence electrons. The highest BCUT2D eigenvalue weighted by molar-refractivity contribution is 5.37. The third kappa shape index (κ3) is 1.03. The molecule has 1 aliphatic rings. The summed E-state index contributed by atoms with van der Waals surface area (Å²) in [5, 5.41) is 0. The molecule has 0 atom stereocenters. The first kappa shape index (κ1) is 7.74. The SMILES string of the molecule is Cc1c(F)cccc1C1(N)CC1. The lowest BCUT2D eigenvalue weighted by Crippen LogP contribution is -2.20. The Hall–Kier alpha value is -0.890. The van der Waals surface area contributed by atoms with Crippen molar-refractivity contribution in [2.45, 2.75) is 25.3 Å². The highest BCUT2D eigenvalue weighted by Gasteiger charge is 2.41. The van der Waals surface area contributed by atoms with E-state index in [1.54, 1.807) is 13.0 Å². The molecule has 0 heterocycles. The van der Waals surface area contributed by atoms with Crippen LogP contribution in [-0.4, -0.2) is 0 Å². The number of nitrogens with two attached hydrogens (primary N) is 1. The van der Waals surface area contributed by atoms with Crippen LogP contribution in [0.3, 0.4) is 0 Å². The average molecular weight is 165 g/mol. The van der Waals surface area contributed by atoms with E-state index in [4.69, 9.17) is 5.73 Å². The van der Waals surface area contributed by atoms with Gasteiger partial charge in [0.05, 0.1) is 0 Å². The summed E-state index contributed by atoms with van der Waals surface area (Å²) in [6.45, 7) is 1.79. The highest BCUT2D eigenvalue weighted by Crippen LogP contribution is 2.44. The molecule has 1 fully saturated rings. The molecule has 12 heavy (non-hydrogen) atoms. The van der Waals surface area contributed by atoms with E-state index in [2.05, 4.69) is 0 Å². The minimum absolute atomic E-state index is 0.149. The average Bonchev–Trinajstić information content (AvgIpc) is 2.75. The molecule has 0 spiro atoms. The molecule has 2 N–H and O–H groups in total. The number of hydrogen-bond donors (Lipinski definition) is 1. The van der Waals surface area contributed by atoms with Crippen molar-refractivity contribution in [3.63, 3.8) is 0 Å². The molecule has 0 bridgehead atoms. The quantitative estimate of drug-likeness (QED) is 0.677. The molecule has 2 rings (SSSR count). The van der Waals surface area contributed by atoms with E-state index in [-0.39, 0.29) is 11.4 Å². The van der Waals surface area contributed by atoms with E-state index >= 15 is 0 Å². The van der Waals surface area contributed by atoms with E-state index in [1.807, 2.05) is 6.07 Å². The summed E-state index contributed by atoms with van der Waals surface area (Å²) >= 11 is 0. The summed E-state index contributed by atoms with van der Waals surface area (Å²) < 4.78 is 13.1. The maximum Gasteiger partial charge on any atom is 0.126 e. The van der Waals surface area contributed by atoms with Crippen molar-refractivity contribution in [2.75, 3.05) is 0 Å². The van der Waals surface area contributed by atoms with Crippen molar-refractivity contribution in [1.82, 2.24) is 0 Å². The van der Waals surface area contributed by atoms with Crippen LogP contribution in [-0.2, 0) is 5.54 Å². The van der Waals surface area contributed by atoms with Gasteiger partial charge in [-0.1, -0.05) is 12.1 Å². The van der Waals surface area contributed by atoms with Gasteiger partial charge in [-0.3, -0.25) is 0 Å². The van der Waals surface area contributed by atoms with Gasteiger partial charge in [-0.2, -0.15) is 0 Å². The van der Waals surface area contributed by atoms with Gasteiger partial charge in [-0.25, -0.2) is 4.39 Å². The monoisotopic (exact) mass is 165 g/mol. The lowest BCUT2D eigenvalue weighted by molar-refractivity contribution is 0.606. The van der Waals surface area contributed by atoms with Crippen LogP contribution in [0.5, 0.6) is 0 Å². The van der Waals surface area contributed by atoms with Gasteiger partial charge in [0, 0.05) is 5.54 Å². The van der Waals surface area contributed by atoms with Crippen molar-refractivity contribution in [2.24, 2.45) is 5.73 Å². The Kier molecular flexibility index (Phi) is 1.48. The summed E-state index contributed by atoms with van der Waals surface area (Å²) in [6, 6.07) is 5.13. The fourth-order valence-electron chi connectivity index (χ4n) is 1.55. The Labute approximate surface area is 71.4 Å². The number of halogens is 1. The Balaban J connectivity index is 2.51. The molecule has 0 saturated heterocycles. The smallest absolute Gasteiger partial charge is 0.126 e. The highest BCUT2D eigenvalue weighted by atomic mass is 19.1. The van der Waals surface area contributed by atoms with Gasteiger partial charge in [0.15, 0.2) is 0 Å². The Morgan fingerprint density at radius 1 is 1.42 bits per heavy atom. The van der Waals surface area contributed by atoms with E-state index in [0.29, 0.717) is 5.56 Å². The third-order valence-electron chi connectivity index (χ3n) is 2.59. The van der Waals surface area contributed by atoms with Crippen LogP contribution in [0.15, 0.2) is 18.2 Å². The van der Waals surface area contributed by atoms with Crippen LogP contribution in [0.2, 0.25) is 0 Å². The van der Waals surface area contributed by atoms with Gasteiger partial charge >= 0.3 is 0 Å². The predicted molar refractivity (Wildman–Crippen MR) is 46.2 cm³/mol. The second-order valence-corrected chi connectivity index (χ2v) is 3.57. The van der Waals surface area contributed by atoms with Gasteiger partial charge in [0.2, 0.25) is 0 Å². The molecule has 0 amide bonds. The molecule has 0 aliphatic heterocycles. The molecule has 1 aromatic rings. The summed E-state index contributed by atoms with van der Waals surface area (Å²) in [5.74, 6) is -0.149. The van der Waals surface area contributed by atoms with Crippen molar-refractivity contribution in [1.29, 1.82) is 0 Å². The first-order valence-corrected chi connectivity index (χ1v) is 4.18. The molecule has 1 nitrogen and oxygen atoms in total. The zero-order chi connectivity index (χ0) is 8.77. The number of benzene rings is 1. The first-order valence-electron chi connectivity index (χ1n) is 4.18. The lowest BCUT2D eigenvalue weighted by atomic mass is 10.00. The fraction of sp³-hybridized carbons (Fsp3) is 0.400. The van der Waals surface area contributed by atoms with Crippen molar-refractivity contribution in [3.05, 3.63) is 35.1 Å². The van der Waals surface area contributed by atoms with Crippen LogP contribution in [0.25, 0.3) is 0 Å². The standard InChI is InChI=1S/C10H12FN/c1-7-8(10(12)5-6-10)3-2-4-9(7)11/h2-4H,5-6,12H2,1H3. The predicted octanol–water partition coefficient (Wildman–Crippen LogP) is 2.08. The van der Waals surface area contributed by atoms with Crippen LogP contribution in [0.1, 0.15) is 24.0 Å². The largest absolute Gasteiger partial charge is 0.321 e. The van der Waals surface area contributed by atoms with Crippen LogP contribution >= 0.6 is 0 Å². The van der Waals surface area contributed by atoms with E-state index in [1.165, 1.54) is 6.07 Å². The minimum Gasteiger partial charge on any atom is -0.321 e. The van der Waals surface area contributed by atoms with Gasteiger partial charge < -0.3 is 5.73 Å².